The van der Waals surface area contributed by atoms with Crippen LogP contribution in [0.15, 0.2) is 48.5 Å². The fourth-order valence-electron chi connectivity index (χ4n) is 3.11. The highest BCUT2D eigenvalue weighted by atomic mass is 32.2. The van der Waals surface area contributed by atoms with E-state index in [0.29, 0.717) is 22.5 Å². The van der Waals surface area contributed by atoms with Crippen molar-refractivity contribution in [3.63, 3.8) is 0 Å². The Kier molecular flexibility index (Phi) is 8.16. The molecular formula is C23H28O3S2. The number of carbonyl (C=O) groups is 1. The first-order chi connectivity index (χ1) is 13.7. The number of hydrogen-bond acceptors (Lipinski definition) is 5. The lowest BCUT2D eigenvalue weighted by atomic mass is 10.1. The molecule has 2 aromatic carbocycles. The average molecular weight is 417 g/mol. The van der Waals surface area contributed by atoms with Gasteiger partial charge in [-0.15, -0.1) is 23.5 Å². The van der Waals surface area contributed by atoms with Crippen molar-refractivity contribution in [2.75, 3.05) is 18.1 Å². The topological polar surface area (TPSA) is 35.5 Å². The lowest BCUT2D eigenvalue weighted by Gasteiger charge is -2.28. The smallest absolute Gasteiger partial charge is 0.343 e. The molecule has 0 unspecified atom stereocenters. The van der Waals surface area contributed by atoms with E-state index in [9.17, 15) is 4.79 Å². The highest BCUT2D eigenvalue weighted by Crippen LogP contribution is 2.46. The van der Waals surface area contributed by atoms with Gasteiger partial charge in [-0.05, 0) is 72.7 Å². The number of esters is 1. The highest BCUT2D eigenvalue weighted by molar-refractivity contribution is 8.16. The lowest BCUT2D eigenvalue weighted by molar-refractivity contribution is 0.0734. The van der Waals surface area contributed by atoms with Crippen molar-refractivity contribution in [3.8, 4) is 11.5 Å². The van der Waals surface area contributed by atoms with E-state index in [1.54, 1.807) is 24.3 Å². The molecule has 0 N–H and O–H groups in total. The Hall–Kier alpha value is -1.59. The van der Waals surface area contributed by atoms with Crippen molar-refractivity contribution in [2.45, 2.75) is 37.7 Å². The SMILES string of the molecule is CCCCC1CSC(c2ccc(OC(=O)c3ccc(OCC)cc3)cc2)SC1. The minimum absolute atomic E-state index is 0.351. The number of rotatable bonds is 8. The molecule has 0 bridgehead atoms. The zero-order valence-corrected chi connectivity index (χ0v) is 18.2. The molecule has 0 spiro atoms. The molecule has 3 rings (SSSR count). The first kappa shape index (κ1) is 21.1. The van der Waals surface area contributed by atoms with Gasteiger partial charge in [0.1, 0.15) is 11.5 Å². The molecule has 0 aliphatic carbocycles. The molecule has 1 heterocycles. The molecule has 0 radical (unpaired) electrons. The zero-order valence-electron chi connectivity index (χ0n) is 16.6. The second-order valence-electron chi connectivity index (χ2n) is 6.92. The molecule has 0 amide bonds. The van der Waals surface area contributed by atoms with Gasteiger partial charge < -0.3 is 9.47 Å². The maximum absolute atomic E-state index is 12.3. The molecule has 2 aromatic rings. The maximum Gasteiger partial charge on any atom is 0.343 e. The number of unbranched alkanes of at least 4 members (excludes halogenated alkanes) is 1. The van der Waals surface area contributed by atoms with Crippen molar-refractivity contribution in [1.29, 1.82) is 0 Å². The Bertz CT molecular complexity index is 735. The molecule has 1 aliphatic heterocycles. The van der Waals surface area contributed by atoms with E-state index >= 15 is 0 Å². The standard InChI is InChI=1S/C23H28O3S2/c1-3-5-6-17-15-27-23(28-16-17)19-9-13-21(14-10-19)26-22(24)18-7-11-20(12-8-18)25-4-2/h7-14,17,23H,3-6,15-16H2,1-2H3. The van der Waals surface area contributed by atoms with Crippen LogP contribution in [-0.4, -0.2) is 24.1 Å². The Morgan fingerprint density at radius 1 is 0.964 bits per heavy atom. The third kappa shape index (κ3) is 5.95. The predicted octanol–water partition coefficient (Wildman–Crippen LogP) is 6.59. The van der Waals surface area contributed by atoms with Crippen molar-refractivity contribution >= 4 is 29.5 Å². The highest BCUT2D eigenvalue weighted by Gasteiger charge is 2.23. The summed E-state index contributed by atoms with van der Waals surface area (Å²) < 4.78 is 11.4. The number of ether oxygens (including phenoxy) is 2. The Morgan fingerprint density at radius 2 is 1.61 bits per heavy atom. The van der Waals surface area contributed by atoms with Crippen molar-refractivity contribution < 1.29 is 14.3 Å². The van der Waals surface area contributed by atoms with Gasteiger partial charge in [0.15, 0.2) is 0 Å². The third-order valence-corrected chi connectivity index (χ3v) is 7.99. The van der Waals surface area contributed by atoms with Gasteiger partial charge in [0.2, 0.25) is 0 Å². The van der Waals surface area contributed by atoms with Gasteiger partial charge >= 0.3 is 5.97 Å². The molecule has 3 nitrogen and oxygen atoms in total. The molecule has 1 aliphatic rings. The molecule has 150 valence electrons. The normalized spacial score (nSPS) is 19.2. The van der Waals surface area contributed by atoms with Gasteiger partial charge in [0, 0.05) is 0 Å². The van der Waals surface area contributed by atoms with E-state index in [0.717, 1.165) is 11.7 Å². The van der Waals surface area contributed by atoms with E-state index in [1.807, 2.05) is 42.6 Å². The van der Waals surface area contributed by atoms with E-state index in [-0.39, 0.29) is 5.97 Å². The Labute approximate surface area is 176 Å². The largest absolute Gasteiger partial charge is 0.494 e. The van der Waals surface area contributed by atoms with E-state index in [4.69, 9.17) is 9.47 Å². The lowest BCUT2D eigenvalue weighted by Crippen LogP contribution is -2.14. The van der Waals surface area contributed by atoms with Gasteiger partial charge in [0.05, 0.1) is 16.8 Å². The first-order valence-electron chi connectivity index (χ1n) is 9.97. The van der Waals surface area contributed by atoms with Crippen LogP contribution in [0.2, 0.25) is 0 Å². The zero-order chi connectivity index (χ0) is 19.8. The first-order valence-corrected chi connectivity index (χ1v) is 12.1. The molecule has 0 aromatic heterocycles. The Morgan fingerprint density at radius 3 is 2.21 bits per heavy atom. The van der Waals surface area contributed by atoms with Gasteiger partial charge in [-0.3, -0.25) is 0 Å². The molecule has 28 heavy (non-hydrogen) atoms. The maximum atomic E-state index is 12.3. The van der Waals surface area contributed by atoms with E-state index in [2.05, 4.69) is 19.1 Å². The van der Waals surface area contributed by atoms with Crippen LogP contribution in [0.4, 0.5) is 0 Å². The molecule has 1 fully saturated rings. The Balaban J connectivity index is 1.52. The minimum Gasteiger partial charge on any atom is -0.494 e. The van der Waals surface area contributed by atoms with Crippen LogP contribution in [0.1, 0.15) is 53.6 Å². The number of hydrogen-bond donors (Lipinski definition) is 0. The molecular weight excluding hydrogens is 388 g/mol. The van der Waals surface area contributed by atoms with Gasteiger partial charge in [-0.1, -0.05) is 31.9 Å². The van der Waals surface area contributed by atoms with E-state index in [1.165, 1.54) is 36.3 Å². The summed E-state index contributed by atoms with van der Waals surface area (Å²) in [6.07, 6.45) is 3.97. The summed E-state index contributed by atoms with van der Waals surface area (Å²) in [6.45, 7) is 4.80. The van der Waals surface area contributed by atoms with Crippen LogP contribution in [-0.2, 0) is 0 Å². The quantitative estimate of drug-likeness (QED) is 0.358. The van der Waals surface area contributed by atoms with Crippen LogP contribution < -0.4 is 9.47 Å². The van der Waals surface area contributed by atoms with Gasteiger partial charge in [-0.2, -0.15) is 0 Å². The summed E-state index contributed by atoms with van der Waals surface area (Å²) >= 11 is 4.08. The van der Waals surface area contributed by atoms with Crippen LogP contribution in [0, 0.1) is 5.92 Å². The fraction of sp³-hybridized carbons (Fsp3) is 0.435. The summed E-state index contributed by atoms with van der Waals surface area (Å²) in [5.41, 5.74) is 1.81. The summed E-state index contributed by atoms with van der Waals surface area (Å²) in [5.74, 6) is 4.31. The second-order valence-corrected chi connectivity index (χ2v) is 9.50. The fourth-order valence-corrected chi connectivity index (χ4v) is 6.28. The van der Waals surface area contributed by atoms with E-state index < -0.39 is 0 Å². The third-order valence-electron chi connectivity index (χ3n) is 4.70. The van der Waals surface area contributed by atoms with Gasteiger partial charge in [0.25, 0.3) is 0 Å². The number of carbonyl (C=O) groups excluding carboxylic acids is 1. The van der Waals surface area contributed by atoms with Crippen molar-refractivity contribution in [2.24, 2.45) is 5.92 Å². The van der Waals surface area contributed by atoms with Crippen molar-refractivity contribution in [3.05, 3.63) is 59.7 Å². The molecule has 0 atom stereocenters. The van der Waals surface area contributed by atoms with Crippen molar-refractivity contribution in [1.82, 2.24) is 0 Å². The van der Waals surface area contributed by atoms with Gasteiger partial charge in [-0.25, -0.2) is 4.79 Å². The summed E-state index contributed by atoms with van der Waals surface area (Å²) in [5, 5.41) is 0. The summed E-state index contributed by atoms with van der Waals surface area (Å²) in [4.78, 5) is 12.3. The molecule has 5 heteroatoms. The average Bonchev–Trinajstić information content (AvgIpc) is 2.74. The molecule has 1 saturated heterocycles. The second kappa shape index (κ2) is 10.8. The minimum atomic E-state index is -0.351. The summed E-state index contributed by atoms with van der Waals surface area (Å²) in [7, 11) is 0. The predicted molar refractivity (Wildman–Crippen MR) is 120 cm³/mol. The monoisotopic (exact) mass is 416 g/mol. The number of benzene rings is 2. The van der Waals surface area contributed by atoms with Crippen LogP contribution in [0.3, 0.4) is 0 Å². The number of thioether (sulfide) groups is 2. The van der Waals surface area contributed by atoms with Crippen LogP contribution >= 0.6 is 23.5 Å². The van der Waals surface area contributed by atoms with Crippen LogP contribution in [0.5, 0.6) is 11.5 Å². The molecule has 0 saturated carbocycles. The van der Waals surface area contributed by atoms with Crippen LogP contribution in [0.25, 0.3) is 0 Å². The summed E-state index contributed by atoms with van der Waals surface area (Å²) in [6, 6.07) is 15.0.